The Hall–Kier alpha value is -2.28. The predicted octanol–water partition coefficient (Wildman–Crippen LogP) is 1.75. The number of carbonyl (C=O) groups is 2. The zero-order valence-corrected chi connectivity index (χ0v) is 21.5. The van der Waals surface area contributed by atoms with Gasteiger partial charge in [-0.25, -0.2) is 9.78 Å². The molecule has 1 amide bonds. The first-order valence-corrected chi connectivity index (χ1v) is 13.9. The highest BCUT2D eigenvalue weighted by atomic mass is 32.2. The third-order valence-electron chi connectivity index (χ3n) is 5.93. The largest absolute Gasteiger partial charge is 0.466 e. The van der Waals surface area contributed by atoms with Crippen molar-refractivity contribution in [1.29, 1.82) is 0 Å². The maximum absolute atomic E-state index is 12.8. The molecule has 4 rings (SSSR count). The van der Waals surface area contributed by atoms with Crippen LogP contribution in [0.1, 0.15) is 36.7 Å². The van der Waals surface area contributed by atoms with Gasteiger partial charge in [0.2, 0.25) is 5.91 Å². The van der Waals surface area contributed by atoms with Gasteiger partial charge in [-0.15, -0.1) is 11.3 Å². The first-order valence-electron chi connectivity index (χ1n) is 12.0. The number of amides is 1. The van der Waals surface area contributed by atoms with Crippen LogP contribution in [0.5, 0.6) is 0 Å². The minimum Gasteiger partial charge on any atom is -0.466 e. The summed E-state index contributed by atoms with van der Waals surface area (Å²) in [4.78, 5) is 47.9. The van der Waals surface area contributed by atoms with E-state index in [4.69, 9.17) is 9.47 Å². The molecule has 0 unspecified atom stereocenters. The molecule has 0 aromatic carbocycles. The predicted molar refractivity (Wildman–Crippen MR) is 134 cm³/mol. The van der Waals surface area contributed by atoms with Gasteiger partial charge in [-0.2, -0.15) is 4.98 Å². The molecule has 0 atom stereocenters. The van der Waals surface area contributed by atoms with Crippen LogP contribution in [0, 0.1) is 0 Å². The molecule has 0 saturated carbocycles. The van der Waals surface area contributed by atoms with Crippen LogP contribution in [0.15, 0.2) is 15.2 Å². The average Bonchev–Trinajstić information content (AvgIpc) is 3.50. The lowest BCUT2D eigenvalue weighted by molar-refractivity contribution is -0.142. The summed E-state index contributed by atoms with van der Waals surface area (Å²) >= 11 is 2.55. The second kappa shape index (κ2) is 12.6. The fourth-order valence-electron chi connectivity index (χ4n) is 4.31. The van der Waals surface area contributed by atoms with Crippen LogP contribution >= 0.6 is 23.1 Å². The van der Waals surface area contributed by atoms with E-state index < -0.39 is 0 Å². The lowest BCUT2D eigenvalue weighted by Crippen LogP contribution is -2.37. The molecule has 1 aliphatic heterocycles. The fraction of sp³-hybridized carbons (Fsp3) is 0.609. The molecule has 2 aliphatic rings. The Bertz CT molecular complexity index is 1100. The molecular formula is C23H31N5O5S2. The highest BCUT2D eigenvalue weighted by Crippen LogP contribution is 2.29. The van der Waals surface area contributed by atoms with Crippen LogP contribution < -0.4 is 11.0 Å². The van der Waals surface area contributed by atoms with Crippen molar-refractivity contribution in [3.8, 4) is 0 Å². The molecule has 2 aromatic rings. The van der Waals surface area contributed by atoms with Gasteiger partial charge in [0, 0.05) is 42.8 Å². The summed E-state index contributed by atoms with van der Waals surface area (Å²) in [7, 11) is 0. The zero-order chi connectivity index (χ0) is 24.6. The summed E-state index contributed by atoms with van der Waals surface area (Å²) in [6.07, 6.45) is 3.71. The van der Waals surface area contributed by atoms with E-state index in [-0.39, 0.29) is 29.7 Å². The first kappa shape index (κ1) is 25.8. The number of hydrogen-bond donors (Lipinski definition) is 1. The Labute approximate surface area is 212 Å². The Morgan fingerprint density at radius 1 is 1.23 bits per heavy atom. The summed E-state index contributed by atoms with van der Waals surface area (Å²) in [5, 5.41) is 5.58. The Morgan fingerprint density at radius 3 is 2.86 bits per heavy atom. The molecule has 1 saturated heterocycles. The van der Waals surface area contributed by atoms with Crippen molar-refractivity contribution >= 4 is 40.1 Å². The van der Waals surface area contributed by atoms with Crippen molar-refractivity contribution in [2.45, 2.75) is 50.6 Å². The van der Waals surface area contributed by atoms with Crippen LogP contribution in [0.2, 0.25) is 0 Å². The molecular weight excluding hydrogens is 490 g/mol. The summed E-state index contributed by atoms with van der Waals surface area (Å²) in [5.74, 6) is -0.440. The van der Waals surface area contributed by atoms with Crippen LogP contribution in [-0.2, 0) is 44.9 Å². The minimum absolute atomic E-state index is 0.0771. The summed E-state index contributed by atoms with van der Waals surface area (Å²) < 4.78 is 12.1. The number of carbonyl (C=O) groups excluding carboxylic acids is 2. The molecule has 2 aromatic heterocycles. The molecule has 0 radical (unpaired) electrons. The number of rotatable bonds is 11. The van der Waals surface area contributed by atoms with E-state index in [1.165, 1.54) is 23.1 Å². The van der Waals surface area contributed by atoms with Crippen LogP contribution in [0.25, 0.3) is 0 Å². The zero-order valence-electron chi connectivity index (χ0n) is 19.9. The van der Waals surface area contributed by atoms with E-state index in [0.29, 0.717) is 29.0 Å². The van der Waals surface area contributed by atoms with E-state index in [1.54, 1.807) is 12.3 Å². The SMILES string of the molecule is CCOC(=O)Cc1csc(NC(=O)CSc2nc(=O)n(CCCN3CCOCC3)c3c2CCC3)n1. The number of thiazole rings is 1. The number of ether oxygens (including phenoxy) is 2. The van der Waals surface area contributed by atoms with Gasteiger partial charge in [0.25, 0.3) is 0 Å². The highest BCUT2D eigenvalue weighted by molar-refractivity contribution is 8.00. The third kappa shape index (κ3) is 7.12. The summed E-state index contributed by atoms with van der Waals surface area (Å²) in [6.45, 7) is 7.10. The van der Waals surface area contributed by atoms with Gasteiger partial charge in [0.15, 0.2) is 5.13 Å². The van der Waals surface area contributed by atoms with Crippen molar-refractivity contribution in [2.24, 2.45) is 0 Å². The number of fused-ring (bicyclic) bond motifs is 1. The smallest absolute Gasteiger partial charge is 0.348 e. The van der Waals surface area contributed by atoms with E-state index in [2.05, 4.69) is 20.2 Å². The van der Waals surface area contributed by atoms with Crippen molar-refractivity contribution < 1.29 is 19.1 Å². The number of nitrogens with zero attached hydrogens (tertiary/aromatic N) is 4. The number of hydrogen-bond acceptors (Lipinski definition) is 10. The first-order chi connectivity index (χ1) is 17.0. The van der Waals surface area contributed by atoms with Gasteiger partial charge >= 0.3 is 11.7 Å². The minimum atomic E-state index is -0.345. The second-order valence-electron chi connectivity index (χ2n) is 8.40. The Balaban J connectivity index is 1.31. The molecule has 35 heavy (non-hydrogen) atoms. The van der Waals surface area contributed by atoms with Crippen LogP contribution in [0.3, 0.4) is 0 Å². The number of nitrogens with one attached hydrogen (secondary N) is 1. The average molecular weight is 522 g/mol. The number of esters is 1. The van der Waals surface area contributed by atoms with Crippen molar-refractivity contribution in [2.75, 3.05) is 50.5 Å². The van der Waals surface area contributed by atoms with Crippen LogP contribution in [-0.4, -0.2) is 76.5 Å². The normalized spacial score (nSPS) is 15.7. The monoisotopic (exact) mass is 521 g/mol. The maximum Gasteiger partial charge on any atom is 0.348 e. The van der Waals surface area contributed by atoms with E-state index in [9.17, 15) is 14.4 Å². The van der Waals surface area contributed by atoms with Gasteiger partial charge in [0.05, 0.1) is 37.7 Å². The molecule has 1 aliphatic carbocycles. The molecule has 0 spiro atoms. The quantitative estimate of drug-likeness (QED) is 0.268. The van der Waals surface area contributed by atoms with Crippen molar-refractivity contribution in [3.05, 3.63) is 32.8 Å². The van der Waals surface area contributed by atoms with Gasteiger partial charge in [-0.3, -0.25) is 19.1 Å². The van der Waals surface area contributed by atoms with Gasteiger partial charge < -0.3 is 14.8 Å². The lowest BCUT2D eigenvalue weighted by atomic mass is 10.2. The molecule has 1 N–H and O–H groups in total. The number of anilines is 1. The number of aromatic nitrogens is 3. The van der Waals surface area contributed by atoms with E-state index >= 15 is 0 Å². The van der Waals surface area contributed by atoms with Crippen LogP contribution in [0.4, 0.5) is 5.13 Å². The molecule has 3 heterocycles. The van der Waals surface area contributed by atoms with Crippen molar-refractivity contribution in [3.63, 3.8) is 0 Å². The number of morpholine rings is 1. The molecule has 190 valence electrons. The fourth-order valence-corrected chi connectivity index (χ4v) is 5.91. The molecule has 12 heteroatoms. The third-order valence-corrected chi connectivity index (χ3v) is 7.75. The van der Waals surface area contributed by atoms with E-state index in [1.807, 2.05) is 4.57 Å². The van der Waals surface area contributed by atoms with Gasteiger partial charge in [-0.05, 0) is 32.6 Å². The number of thioether (sulfide) groups is 1. The molecule has 1 fully saturated rings. The Morgan fingerprint density at radius 2 is 2.06 bits per heavy atom. The molecule has 10 nitrogen and oxygen atoms in total. The summed E-state index contributed by atoms with van der Waals surface area (Å²) in [6, 6.07) is 0. The lowest BCUT2D eigenvalue weighted by Gasteiger charge is -2.26. The van der Waals surface area contributed by atoms with Gasteiger partial charge in [-0.1, -0.05) is 11.8 Å². The Kier molecular flexibility index (Phi) is 9.30. The molecule has 0 bridgehead atoms. The van der Waals surface area contributed by atoms with Crippen molar-refractivity contribution in [1.82, 2.24) is 19.4 Å². The highest BCUT2D eigenvalue weighted by Gasteiger charge is 2.23. The standard InChI is InChI=1S/C23H31N5O5S2/c1-2-33-20(30)13-16-14-35-22(24-16)25-19(29)15-34-21-17-5-3-6-18(17)28(23(31)26-21)8-4-7-27-9-11-32-12-10-27/h14H,2-13,15H2,1H3,(H,24,25,29). The maximum atomic E-state index is 12.8. The summed E-state index contributed by atoms with van der Waals surface area (Å²) in [5.41, 5.74) is 2.49. The topological polar surface area (TPSA) is 116 Å². The second-order valence-corrected chi connectivity index (χ2v) is 10.2. The van der Waals surface area contributed by atoms with Gasteiger partial charge in [0.1, 0.15) is 5.03 Å². The van der Waals surface area contributed by atoms with E-state index in [0.717, 1.165) is 69.8 Å².